The molecule has 0 aromatic heterocycles. The number of nitrogens with zero attached hydrogens (tertiary/aromatic N) is 1. The van der Waals surface area contributed by atoms with Crippen molar-refractivity contribution >= 4 is 12.0 Å². The summed E-state index contributed by atoms with van der Waals surface area (Å²) in [5.74, 6) is -1.54. The molecule has 21 heavy (non-hydrogen) atoms. The maximum atomic E-state index is 12.3. The molecule has 114 valence electrons. The maximum absolute atomic E-state index is 12.3. The zero-order chi connectivity index (χ0) is 15.4. The SMILES string of the molecule is CCC(CC)NC(=O)N1Cc2ccccc2C(C(=O)O)C1. The highest BCUT2D eigenvalue weighted by Crippen LogP contribution is 2.28. The van der Waals surface area contributed by atoms with Crippen LogP contribution < -0.4 is 5.32 Å². The summed E-state index contributed by atoms with van der Waals surface area (Å²) in [5, 5.41) is 12.4. The fourth-order valence-corrected chi connectivity index (χ4v) is 2.73. The third-order valence-electron chi connectivity index (χ3n) is 4.09. The minimum absolute atomic E-state index is 0.137. The molecule has 0 aliphatic carbocycles. The number of carboxylic acid groups (broad SMARTS) is 1. The highest BCUT2D eigenvalue weighted by molar-refractivity contribution is 5.81. The quantitative estimate of drug-likeness (QED) is 0.895. The summed E-state index contributed by atoms with van der Waals surface area (Å²) >= 11 is 0. The van der Waals surface area contributed by atoms with E-state index in [-0.39, 0.29) is 18.6 Å². The van der Waals surface area contributed by atoms with Gasteiger partial charge >= 0.3 is 12.0 Å². The van der Waals surface area contributed by atoms with Crippen molar-refractivity contribution < 1.29 is 14.7 Å². The molecule has 1 aromatic carbocycles. The Bertz CT molecular complexity index is 526. The van der Waals surface area contributed by atoms with Crippen molar-refractivity contribution in [1.82, 2.24) is 10.2 Å². The molecule has 1 aromatic rings. The summed E-state index contributed by atoms with van der Waals surface area (Å²) in [4.78, 5) is 25.4. The van der Waals surface area contributed by atoms with Gasteiger partial charge in [0.15, 0.2) is 0 Å². The molecule has 1 aliphatic rings. The van der Waals surface area contributed by atoms with Crippen LogP contribution in [0.1, 0.15) is 43.7 Å². The highest BCUT2D eigenvalue weighted by Gasteiger charge is 2.32. The van der Waals surface area contributed by atoms with Gasteiger partial charge in [0.25, 0.3) is 0 Å². The van der Waals surface area contributed by atoms with Gasteiger partial charge in [0.2, 0.25) is 0 Å². The third-order valence-corrected chi connectivity index (χ3v) is 4.09. The smallest absolute Gasteiger partial charge is 0.317 e. The Morgan fingerprint density at radius 2 is 2.00 bits per heavy atom. The first-order valence-corrected chi connectivity index (χ1v) is 7.42. The molecule has 0 fully saturated rings. The van der Waals surface area contributed by atoms with E-state index in [1.807, 2.05) is 38.1 Å². The number of carboxylic acids is 1. The molecule has 1 unspecified atom stereocenters. The van der Waals surface area contributed by atoms with Gasteiger partial charge in [-0.1, -0.05) is 38.1 Å². The van der Waals surface area contributed by atoms with Crippen LogP contribution >= 0.6 is 0 Å². The van der Waals surface area contributed by atoms with Crippen LogP contribution in [0.15, 0.2) is 24.3 Å². The number of carbonyl (C=O) groups excluding carboxylic acids is 1. The molecule has 0 spiro atoms. The number of nitrogens with one attached hydrogen (secondary N) is 1. The monoisotopic (exact) mass is 290 g/mol. The second-order valence-corrected chi connectivity index (χ2v) is 5.43. The Morgan fingerprint density at radius 1 is 1.33 bits per heavy atom. The van der Waals surface area contributed by atoms with Crippen LogP contribution in [0.25, 0.3) is 0 Å². The Morgan fingerprint density at radius 3 is 2.62 bits per heavy atom. The van der Waals surface area contributed by atoms with Gasteiger partial charge in [-0.05, 0) is 24.0 Å². The first-order valence-electron chi connectivity index (χ1n) is 7.42. The number of hydrogen-bond donors (Lipinski definition) is 2. The first kappa shape index (κ1) is 15.4. The van der Waals surface area contributed by atoms with Crippen molar-refractivity contribution in [2.45, 2.75) is 45.2 Å². The predicted molar refractivity (Wildman–Crippen MR) is 80.1 cm³/mol. The minimum atomic E-state index is -0.887. The number of carbonyl (C=O) groups is 2. The maximum Gasteiger partial charge on any atom is 0.317 e. The standard InChI is InChI=1S/C16H22N2O3/c1-3-12(4-2)17-16(21)18-9-11-7-5-6-8-13(11)14(10-18)15(19)20/h5-8,12,14H,3-4,9-10H2,1-2H3,(H,17,21)(H,19,20). The number of benzene rings is 1. The molecule has 1 aliphatic heterocycles. The second-order valence-electron chi connectivity index (χ2n) is 5.43. The largest absolute Gasteiger partial charge is 0.481 e. The number of hydrogen-bond acceptors (Lipinski definition) is 2. The van der Waals surface area contributed by atoms with Gasteiger partial charge in [-0.15, -0.1) is 0 Å². The van der Waals surface area contributed by atoms with Gasteiger partial charge in [0, 0.05) is 19.1 Å². The lowest BCUT2D eigenvalue weighted by atomic mass is 9.90. The van der Waals surface area contributed by atoms with Crippen LogP contribution in [0.3, 0.4) is 0 Å². The van der Waals surface area contributed by atoms with E-state index in [0.717, 1.165) is 24.0 Å². The summed E-state index contributed by atoms with van der Waals surface area (Å²) in [5.41, 5.74) is 1.73. The Hall–Kier alpha value is -2.04. The van der Waals surface area contributed by atoms with Gasteiger partial charge in [-0.3, -0.25) is 4.79 Å². The van der Waals surface area contributed by atoms with Gasteiger partial charge in [-0.25, -0.2) is 4.79 Å². The molecule has 5 nitrogen and oxygen atoms in total. The Kier molecular flexibility index (Phi) is 4.83. The van der Waals surface area contributed by atoms with E-state index in [1.54, 1.807) is 4.90 Å². The normalized spacial score (nSPS) is 17.5. The summed E-state index contributed by atoms with van der Waals surface area (Å²) in [6.45, 7) is 4.74. The van der Waals surface area contributed by atoms with Crippen LogP contribution in [-0.4, -0.2) is 34.6 Å². The van der Waals surface area contributed by atoms with E-state index in [1.165, 1.54) is 0 Å². The van der Waals surface area contributed by atoms with Gasteiger partial charge in [0.1, 0.15) is 0 Å². The molecule has 1 heterocycles. The summed E-state index contributed by atoms with van der Waals surface area (Å²) in [6.07, 6.45) is 1.74. The van der Waals surface area contributed by atoms with Gasteiger partial charge in [-0.2, -0.15) is 0 Å². The third kappa shape index (κ3) is 3.35. The van der Waals surface area contributed by atoms with Crippen LogP contribution in [0.2, 0.25) is 0 Å². The molecule has 0 radical (unpaired) electrons. The minimum Gasteiger partial charge on any atom is -0.481 e. The predicted octanol–water partition coefficient (Wildman–Crippen LogP) is 2.57. The average molecular weight is 290 g/mol. The van der Waals surface area contributed by atoms with E-state index in [0.29, 0.717) is 6.54 Å². The van der Waals surface area contributed by atoms with E-state index in [4.69, 9.17) is 0 Å². The molecule has 0 bridgehead atoms. The lowest BCUT2D eigenvalue weighted by Crippen LogP contribution is -2.48. The lowest BCUT2D eigenvalue weighted by Gasteiger charge is -2.33. The number of fused-ring (bicyclic) bond motifs is 1. The summed E-state index contributed by atoms with van der Waals surface area (Å²) in [6, 6.07) is 7.41. The van der Waals surface area contributed by atoms with Crippen molar-refractivity contribution in [1.29, 1.82) is 0 Å². The fourth-order valence-electron chi connectivity index (χ4n) is 2.73. The zero-order valence-electron chi connectivity index (χ0n) is 12.5. The van der Waals surface area contributed by atoms with E-state index in [9.17, 15) is 14.7 Å². The molecule has 1 atom stereocenters. The van der Waals surface area contributed by atoms with E-state index in [2.05, 4.69) is 5.32 Å². The molecule has 0 saturated carbocycles. The number of amides is 2. The van der Waals surface area contributed by atoms with Crippen molar-refractivity contribution in [2.75, 3.05) is 6.54 Å². The molecular formula is C16H22N2O3. The number of aliphatic carboxylic acids is 1. The van der Waals surface area contributed by atoms with Gasteiger partial charge < -0.3 is 15.3 Å². The molecule has 0 saturated heterocycles. The topological polar surface area (TPSA) is 69.6 Å². The molecule has 2 rings (SSSR count). The van der Waals surface area contributed by atoms with Crippen LogP contribution in [0.4, 0.5) is 4.79 Å². The molecular weight excluding hydrogens is 268 g/mol. The zero-order valence-corrected chi connectivity index (χ0v) is 12.5. The molecule has 2 amide bonds. The van der Waals surface area contributed by atoms with Crippen molar-refractivity contribution in [3.05, 3.63) is 35.4 Å². The van der Waals surface area contributed by atoms with Crippen LogP contribution in [0, 0.1) is 0 Å². The molecule has 5 heteroatoms. The van der Waals surface area contributed by atoms with Crippen molar-refractivity contribution in [2.24, 2.45) is 0 Å². The lowest BCUT2D eigenvalue weighted by molar-refractivity contribution is -0.139. The summed E-state index contributed by atoms with van der Waals surface area (Å²) in [7, 11) is 0. The summed E-state index contributed by atoms with van der Waals surface area (Å²) < 4.78 is 0. The number of rotatable bonds is 4. The van der Waals surface area contributed by atoms with E-state index >= 15 is 0 Å². The Labute approximate surface area is 125 Å². The van der Waals surface area contributed by atoms with Crippen molar-refractivity contribution in [3.63, 3.8) is 0 Å². The first-order chi connectivity index (χ1) is 10.1. The Balaban J connectivity index is 2.17. The fraction of sp³-hybridized carbons (Fsp3) is 0.500. The number of urea groups is 1. The van der Waals surface area contributed by atoms with Gasteiger partial charge in [0.05, 0.1) is 5.92 Å². The molecule has 2 N–H and O–H groups in total. The second kappa shape index (κ2) is 6.61. The van der Waals surface area contributed by atoms with Crippen LogP contribution in [-0.2, 0) is 11.3 Å². The van der Waals surface area contributed by atoms with Crippen LogP contribution in [0.5, 0.6) is 0 Å². The van der Waals surface area contributed by atoms with Crippen molar-refractivity contribution in [3.8, 4) is 0 Å². The van der Waals surface area contributed by atoms with E-state index < -0.39 is 11.9 Å². The highest BCUT2D eigenvalue weighted by atomic mass is 16.4. The average Bonchev–Trinajstić information content (AvgIpc) is 2.51.